The van der Waals surface area contributed by atoms with Crippen LogP contribution in [0.2, 0.25) is 0 Å². The average molecular weight is 352 g/mol. The second-order valence-corrected chi connectivity index (χ2v) is 7.00. The molecule has 0 radical (unpaired) electrons. The van der Waals surface area contributed by atoms with Crippen LogP contribution in [-0.4, -0.2) is 48.2 Å². The fourth-order valence-corrected chi connectivity index (χ4v) is 3.78. The van der Waals surface area contributed by atoms with Crippen molar-refractivity contribution in [3.63, 3.8) is 0 Å². The van der Waals surface area contributed by atoms with Gasteiger partial charge in [-0.3, -0.25) is 4.79 Å². The van der Waals surface area contributed by atoms with E-state index in [1.165, 1.54) is 11.1 Å². The summed E-state index contributed by atoms with van der Waals surface area (Å²) in [6.07, 6.45) is 2.99. The van der Waals surface area contributed by atoms with Crippen LogP contribution < -0.4 is 5.32 Å². The molecule has 138 valence electrons. The summed E-state index contributed by atoms with van der Waals surface area (Å²) in [6, 6.07) is 21.6. The van der Waals surface area contributed by atoms with Gasteiger partial charge in [0.25, 0.3) is 0 Å². The number of nitrogens with one attached hydrogen (secondary N) is 1. The third-order valence-electron chi connectivity index (χ3n) is 5.23. The molecular formula is C22H28N2O2. The molecule has 4 heteroatoms. The number of piperidine rings is 1. The number of hydrogen-bond acceptors (Lipinski definition) is 3. The topological polar surface area (TPSA) is 52.6 Å². The Morgan fingerprint density at radius 1 is 1.00 bits per heavy atom. The fourth-order valence-electron chi connectivity index (χ4n) is 3.78. The van der Waals surface area contributed by atoms with Crippen molar-refractivity contribution in [3.05, 3.63) is 71.8 Å². The molecule has 2 aromatic carbocycles. The summed E-state index contributed by atoms with van der Waals surface area (Å²) < 4.78 is 0. The molecule has 0 saturated carbocycles. The quantitative estimate of drug-likeness (QED) is 0.806. The molecule has 0 atom stereocenters. The van der Waals surface area contributed by atoms with Crippen LogP contribution in [0.4, 0.5) is 0 Å². The Bertz CT molecular complexity index is 628. The van der Waals surface area contributed by atoms with Crippen molar-refractivity contribution in [3.8, 4) is 0 Å². The number of aliphatic hydroxyl groups is 1. The molecule has 1 heterocycles. The van der Waals surface area contributed by atoms with E-state index in [0.717, 1.165) is 38.9 Å². The summed E-state index contributed by atoms with van der Waals surface area (Å²) in [5.74, 6) is 0.140. The molecule has 0 spiro atoms. The average Bonchev–Trinajstić information content (AvgIpc) is 2.71. The number of carbonyl (C=O) groups is 1. The minimum absolute atomic E-state index is 0.199. The zero-order valence-corrected chi connectivity index (χ0v) is 15.2. The highest BCUT2D eigenvalue weighted by atomic mass is 16.3. The SMILES string of the molecule is O=C(CO)NC1CCN(CCC(c2ccccc2)c2ccccc2)CC1. The molecule has 0 bridgehead atoms. The van der Waals surface area contributed by atoms with Crippen molar-refractivity contribution in [1.82, 2.24) is 10.2 Å². The van der Waals surface area contributed by atoms with Gasteiger partial charge < -0.3 is 15.3 Å². The van der Waals surface area contributed by atoms with Crippen LogP contribution in [0, 0.1) is 0 Å². The maximum atomic E-state index is 11.3. The number of likely N-dealkylation sites (tertiary alicyclic amines) is 1. The van der Waals surface area contributed by atoms with Gasteiger partial charge in [0.15, 0.2) is 0 Å². The van der Waals surface area contributed by atoms with E-state index in [4.69, 9.17) is 5.11 Å². The summed E-state index contributed by atoms with van der Waals surface area (Å²) in [7, 11) is 0. The zero-order chi connectivity index (χ0) is 18.2. The van der Waals surface area contributed by atoms with Crippen molar-refractivity contribution in [2.45, 2.75) is 31.2 Å². The molecule has 0 unspecified atom stereocenters. The molecule has 1 fully saturated rings. The standard InChI is InChI=1S/C22H28N2O2/c25-17-22(26)23-20-11-14-24(15-12-20)16-13-21(18-7-3-1-4-8-18)19-9-5-2-6-10-19/h1-10,20-21,25H,11-17H2,(H,23,26). The second-order valence-electron chi connectivity index (χ2n) is 7.00. The van der Waals surface area contributed by atoms with E-state index in [1.807, 2.05) is 0 Å². The van der Waals surface area contributed by atoms with E-state index in [1.54, 1.807) is 0 Å². The maximum Gasteiger partial charge on any atom is 0.245 e. The Balaban J connectivity index is 1.57. The van der Waals surface area contributed by atoms with E-state index >= 15 is 0 Å². The molecule has 3 rings (SSSR count). The first-order chi connectivity index (χ1) is 12.8. The van der Waals surface area contributed by atoms with E-state index < -0.39 is 6.61 Å². The predicted molar refractivity (Wildman–Crippen MR) is 104 cm³/mol. The van der Waals surface area contributed by atoms with E-state index in [-0.39, 0.29) is 11.9 Å². The summed E-state index contributed by atoms with van der Waals surface area (Å²) in [4.78, 5) is 13.8. The van der Waals surface area contributed by atoms with Gasteiger partial charge in [0.05, 0.1) is 0 Å². The van der Waals surface area contributed by atoms with Gasteiger partial charge in [-0.25, -0.2) is 0 Å². The maximum absolute atomic E-state index is 11.3. The highest BCUT2D eigenvalue weighted by Crippen LogP contribution is 2.28. The largest absolute Gasteiger partial charge is 0.387 e. The summed E-state index contributed by atoms with van der Waals surface area (Å²) in [5, 5.41) is 11.7. The number of amides is 1. The van der Waals surface area contributed by atoms with E-state index in [0.29, 0.717) is 5.92 Å². The number of hydrogen-bond donors (Lipinski definition) is 2. The molecule has 0 aromatic heterocycles. The molecule has 4 nitrogen and oxygen atoms in total. The Kier molecular flexibility index (Phi) is 6.81. The fraction of sp³-hybridized carbons (Fsp3) is 0.409. The number of nitrogens with zero attached hydrogens (tertiary/aromatic N) is 1. The van der Waals surface area contributed by atoms with Gasteiger partial charge >= 0.3 is 0 Å². The Morgan fingerprint density at radius 2 is 1.54 bits per heavy atom. The monoisotopic (exact) mass is 352 g/mol. The van der Waals surface area contributed by atoms with Crippen LogP contribution >= 0.6 is 0 Å². The molecular weight excluding hydrogens is 324 g/mol. The summed E-state index contributed by atoms with van der Waals surface area (Å²) >= 11 is 0. The van der Waals surface area contributed by atoms with Crippen LogP contribution in [0.3, 0.4) is 0 Å². The summed E-state index contributed by atoms with van der Waals surface area (Å²) in [6.45, 7) is 2.62. The lowest BCUT2D eigenvalue weighted by atomic mass is 9.88. The Hall–Kier alpha value is -2.17. The van der Waals surface area contributed by atoms with Crippen molar-refractivity contribution >= 4 is 5.91 Å². The van der Waals surface area contributed by atoms with E-state index in [9.17, 15) is 4.79 Å². The summed E-state index contributed by atoms with van der Waals surface area (Å²) in [5.41, 5.74) is 2.73. The lowest BCUT2D eigenvalue weighted by Gasteiger charge is -2.33. The first-order valence-electron chi connectivity index (χ1n) is 9.48. The van der Waals surface area contributed by atoms with Crippen LogP contribution in [0.5, 0.6) is 0 Å². The second kappa shape index (κ2) is 9.51. The van der Waals surface area contributed by atoms with Crippen molar-refractivity contribution < 1.29 is 9.90 Å². The van der Waals surface area contributed by atoms with Crippen LogP contribution in [0.25, 0.3) is 0 Å². The number of aliphatic hydroxyl groups excluding tert-OH is 1. The number of benzene rings is 2. The molecule has 1 saturated heterocycles. The van der Waals surface area contributed by atoms with Crippen LogP contribution in [0.15, 0.2) is 60.7 Å². The lowest BCUT2D eigenvalue weighted by Crippen LogP contribution is -2.45. The van der Waals surface area contributed by atoms with Crippen LogP contribution in [-0.2, 0) is 4.79 Å². The smallest absolute Gasteiger partial charge is 0.245 e. The normalized spacial score (nSPS) is 15.9. The van der Waals surface area contributed by atoms with Gasteiger partial charge in [-0.15, -0.1) is 0 Å². The molecule has 0 aliphatic carbocycles. The first-order valence-corrected chi connectivity index (χ1v) is 9.48. The number of rotatable bonds is 7. The molecule has 26 heavy (non-hydrogen) atoms. The van der Waals surface area contributed by atoms with Gasteiger partial charge in [-0.05, 0) is 36.9 Å². The van der Waals surface area contributed by atoms with Gasteiger partial charge in [0.1, 0.15) is 6.61 Å². The molecule has 1 amide bonds. The first kappa shape index (κ1) is 18.6. The third-order valence-corrected chi connectivity index (χ3v) is 5.23. The Labute approximate surface area is 155 Å². The number of carbonyl (C=O) groups excluding carboxylic acids is 1. The van der Waals surface area contributed by atoms with Gasteiger partial charge in [0.2, 0.25) is 5.91 Å². The predicted octanol–water partition coefficient (Wildman–Crippen LogP) is 2.78. The van der Waals surface area contributed by atoms with Gasteiger partial charge in [-0.2, -0.15) is 0 Å². The van der Waals surface area contributed by atoms with Crippen molar-refractivity contribution in [2.24, 2.45) is 0 Å². The van der Waals surface area contributed by atoms with E-state index in [2.05, 4.69) is 70.9 Å². The van der Waals surface area contributed by atoms with Crippen molar-refractivity contribution in [1.29, 1.82) is 0 Å². The minimum atomic E-state index is -0.421. The molecule has 2 aromatic rings. The zero-order valence-electron chi connectivity index (χ0n) is 15.2. The lowest BCUT2D eigenvalue weighted by molar-refractivity contribution is -0.124. The minimum Gasteiger partial charge on any atom is -0.387 e. The highest BCUT2D eigenvalue weighted by molar-refractivity contribution is 5.77. The van der Waals surface area contributed by atoms with Gasteiger partial charge in [-0.1, -0.05) is 60.7 Å². The highest BCUT2D eigenvalue weighted by Gasteiger charge is 2.22. The van der Waals surface area contributed by atoms with Crippen LogP contribution in [0.1, 0.15) is 36.3 Å². The Morgan fingerprint density at radius 3 is 2.04 bits per heavy atom. The van der Waals surface area contributed by atoms with Gasteiger partial charge in [0, 0.05) is 25.0 Å². The molecule has 2 N–H and O–H groups in total. The molecule has 1 aliphatic heterocycles. The molecule has 1 aliphatic rings. The third kappa shape index (κ3) is 5.16. The van der Waals surface area contributed by atoms with Crippen molar-refractivity contribution in [2.75, 3.05) is 26.2 Å².